The number of halogens is 1. The summed E-state index contributed by atoms with van der Waals surface area (Å²) in [6.07, 6.45) is 0. The summed E-state index contributed by atoms with van der Waals surface area (Å²) in [6, 6.07) is 15.5. The van der Waals surface area contributed by atoms with Crippen molar-refractivity contribution in [1.29, 1.82) is 0 Å². The van der Waals surface area contributed by atoms with Crippen LogP contribution in [-0.4, -0.2) is 33.2 Å². The van der Waals surface area contributed by atoms with Crippen LogP contribution < -0.4 is 4.74 Å². The largest absolute Gasteiger partial charge is 0.496 e. The van der Waals surface area contributed by atoms with Gasteiger partial charge in [-0.05, 0) is 58.7 Å². The molecule has 0 aliphatic carbocycles. The van der Waals surface area contributed by atoms with E-state index in [1.165, 1.54) is 11.8 Å². The van der Waals surface area contributed by atoms with Crippen LogP contribution in [0.4, 0.5) is 0 Å². The molecule has 5 nitrogen and oxygen atoms in total. The van der Waals surface area contributed by atoms with E-state index in [2.05, 4.69) is 39.1 Å². The predicted molar refractivity (Wildman–Crippen MR) is 111 cm³/mol. The predicted octanol–water partition coefficient (Wildman–Crippen LogP) is 4.94. The summed E-state index contributed by atoms with van der Waals surface area (Å²) >= 11 is 4.81. The maximum atomic E-state index is 12.6. The number of ketones is 1. The van der Waals surface area contributed by atoms with Crippen molar-refractivity contribution in [3.05, 3.63) is 64.1 Å². The van der Waals surface area contributed by atoms with Crippen molar-refractivity contribution in [3.63, 3.8) is 0 Å². The molecule has 2 aromatic carbocycles. The zero-order valence-corrected chi connectivity index (χ0v) is 17.2. The van der Waals surface area contributed by atoms with Gasteiger partial charge in [-0.3, -0.25) is 9.20 Å². The van der Waals surface area contributed by atoms with Gasteiger partial charge < -0.3 is 4.74 Å². The Morgan fingerprint density at radius 1 is 1.19 bits per heavy atom. The van der Waals surface area contributed by atoms with Gasteiger partial charge in [0, 0.05) is 10.9 Å². The number of rotatable bonds is 5. The Hall–Kier alpha value is -2.38. The summed E-state index contributed by atoms with van der Waals surface area (Å²) in [7, 11) is 1.60. The second kappa shape index (κ2) is 7.32. The van der Waals surface area contributed by atoms with Gasteiger partial charge in [-0.1, -0.05) is 30.0 Å². The average Bonchev–Trinajstić information content (AvgIpc) is 3.09. The summed E-state index contributed by atoms with van der Waals surface area (Å²) in [4.78, 5) is 12.6. The lowest BCUT2D eigenvalue weighted by Gasteiger charge is -2.08. The first-order valence-electron chi connectivity index (χ1n) is 8.31. The maximum absolute atomic E-state index is 12.6. The van der Waals surface area contributed by atoms with Crippen LogP contribution in [-0.2, 0) is 0 Å². The lowest BCUT2D eigenvalue weighted by molar-refractivity contribution is 0.102. The highest BCUT2D eigenvalue weighted by Crippen LogP contribution is 2.28. The van der Waals surface area contributed by atoms with Gasteiger partial charge >= 0.3 is 0 Å². The molecule has 27 heavy (non-hydrogen) atoms. The fourth-order valence-electron chi connectivity index (χ4n) is 3.02. The number of fused-ring (bicyclic) bond motifs is 3. The van der Waals surface area contributed by atoms with Crippen molar-refractivity contribution >= 4 is 50.0 Å². The number of benzene rings is 2. The molecule has 0 saturated carbocycles. The highest BCUT2D eigenvalue weighted by Gasteiger charge is 2.15. The van der Waals surface area contributed by atoms with Crippen LogP contribution in [0.2, 0.25) is 0 Å². The van der Waals surface area contributed by atoms with Crippen LogP contribution in [0.15, 0.2) is 58.2 Å². The molecule has 2 aromatic heterocycles. The molecule has 0 aliphatic rings. The Balaban J connectivity index is 1.63. The third-order valence-corrected chi connectivity index (χ3v) is 5.93. The fraction of sp³-hybridized carbons (Fsp3) is 0.150. The second-order valence-electron chi connectivity index (χ2n) is 6.08. The molecular formula is C20H16BrN3O2S. The monoisotopic (exact) mass is 441 g/mol. The molecule has 4 rings (SSSR count). The van der Waals surface area contributed by atoms with E-state index in [0.717, 1.165) is 26.6 Å². The molecule has 0 bridgehead atoms. The lowest BCUT2D eigenvalue weighted by atomic mass is 10.1. The zero-order chi connectivity index (χ0) is 19.0. The molecule has 0 saturated heterocycles. The van der Waals surface area contributed by atoms with Crippen molar-refractivity contribution in [3.8, 4) is 5.75 Å². The van der Waals surface area contributed by atoms with E-state index in [0.29, 0.717) is 16.5 Å². The van der Waals surface area contributed by atoms with Gasteiger partial charge in [0.25, 0.3) is 0 Å². The van der Waals surface area contributed by atoms with Gasteiger partial charge in [-0.2, -0.15) is 0 Å². The summed E-state index contributed by atoms with van der Waals surface area (Å²) < 4.78 is 7.98. The summed E-state index contributed by atoms with van der Waals surface area (Å²) in [5, 5.41) is 10.4. The molecule has 4 aromatic rings. The summed E-state index contributed by atoms with van der Waals surface area (Å²) in [6.45, 7) is 2.06. The van der Waals surface area contributed by atoms with E-state index in [1.807, 2.05) is 28.7 Å². The van der Waals surface area contributed by atoms with Gasteiger partial charge in [0.15, 0.2) is 16.6 Å². The maximum Gasteiger partial charge on any atom is 0.196 e. The van der Waals surface area contributed by atoms with E-state index >= 15 is 0 Å². The van der Waals surface area contributed by atoms with Crippen molar-refractivity contribution in [1.82, 2.24) is 14.6 Å². The van der Waals surface area contributed by atoms with Crippen molar-refractivity contribution in [2.45, 2.75) is 12.1 Å². The molecule has 7 heteroatoms. The number of aryl methyl sites for hydroxylation is 1. The minimum Gasteiger partial charge on any atom is -0.496 e. The first-order valence-corrected chi connectivity index (χ1v) is 10.1. The van der Waals surface area contributed by atoms with Crippen LogP contribution in [0, 0.1) is 6.92 Å². The van der Waals surface area contributed by atoms with Crippen molar-refractivity contribution in [2.75, 3.05) is 12.9 Å². The Bertz CT molecular complexity index is 1170. The molecule has 0 unspecified atom stereocenters. The summed E-state index contributed by atoms with van der Waals surface area (Å²) in [5.74, 6) is 1.00. The van der Waals surface area contributed by atoms with Crippen LogP contribution in [0.25, 0.3) is 16.6 Å². The Morgan fingerprint density at radius 2 is 2.00 bits per heavy atom. The Kier molecular flexibility index (Phi) is 4.88. The Labute approximate surface area is 168 Å². The first kappa shape index (κ1) is 18.0. The van der Waals surface area contributed by atoms with Gasteiger partial charge in [0.1, 0.15) is 5.75 Å². The summed E-state index contributed by atoms with van der Waals surface area (Å²) in [5.41, 5.74) is 3.61. The average molecular weight is 442 g/mol. The molecule has 0 aliphatic heterocycles. The zero-order valence-electron chi connectivity index (χ0n) is 14.8. The molecule has 0 radical (unpaired) electrons. The van der Waals surface area contributed by atoms with E-state index in [1.54, 1.807) is 25.3 Å². The van der Waals surface area contributed by atoms with E-state index in [-0.39, 0.29) is 11.5 Å². The smallest absolute Gasteiger partial charge is 0.196 e. The first-order chi connectivity index (χ1) is 13.1. The number of nitrogens with zero attached hydrogens (tertiary/aromatic N) is 3. The van der Waals surface area contributed by atoms with E-state index in [9.17, 15) is 4.79 Å². The molecule has 2 heterocycles. The molecule has 0 atom stereocenters. The van der Waals surface area contributed by atoms with Gasteiger partial charge in [0.2, 0.25) is 0 Å². The van der Waals surface area contributed by atoms with Gasteiger partial charge in [0.05, 0.1) is 22.9 Å². The minimum absolute atomic E-state index is 0.0246. The molecule has 136 valence electrons. The number of pyridine rings is 1. The highest BCUT2D eigenvalue weighted by molar-refractivity contribution is 9.10. The number of carbonyl (C=O) groups is 1. The number of hydrogen-bond acceptors (Lipinski definition) is 5. The molecule has 0 fully saturated rings. The van der Waals surface area contributed by atoms with Crippen LogP contribution in [0.3, 0.4) is 0 Å². The van der Waals surface area contributed by atoms with Crippen LogP contribution >= 0.6 is 27.7 Å². The third kappa shape index (κ3) is 3.33. The van der Waals surface area contributed by atoms with Crippen molar-refractivity contribution < 1.29 is 9.53 Å². The molecule has 0 spiro atoms. The van der Waals surface area contributed by atoms with Gasteiger partial charge in [-0.15, -0.1) is 10.2 Å². The SMILES string of the molecule is COc1ccc(C(=O)CSc2nnc3cc(C)c4ccccc4n23)cc1Br. The lowest BCUT2D eigenvalue weighted by Crippen LogP contribution is -2.04. The normalized spacial score (nSPS) is 11.2. The standard InChI is InChI=1S/C20H16BrN3O2S/c1-12-9-19-22-23-20(24(19)16-6-4-3-5-14(12)16)27-11-17(25)13-7-8-18(26-2)15(21)10-13/h3-10H,11H2,1-2H3. The number of carbonyl (C=O) groups excluding carboxylic acids is 1. The Morgan fingerprint density at radius 3 is 2.78 bits per heavy atom. The second-order valence-corrected chi connectivity index (χ2v) is 7.88. The van der Waals surface area contributed by atoms with Crippen molar-refractivity contribution in [2.24, 2.45) is 0 Å². The van der Waals surface area contributed by atoms with Crippen LogP contribution in [0.1, 0.15) is 15.9 Å². The molecule has 0 N–H and O–H groups in total. The minimum atomic E-state index is 0.0246. The third-order valence-electron chi connectivity index (χ3n) is 4.38. The number of Topliss-reactive ketones (excluding diaryl/α,β-unsaturated/α-hetero) is 1. The number of aromatic nitrogens is 3. The number of para-hydroxylation sites is 1. The number of methoxy groups -OCH3 is 1. The number of thioether (sulfide) groups is 1. The van der Waals surface area contributed by atoms with E-state index in [4.69, 9.17) is 4.74 Å². The highest BCUT2D eigenvalue weighted by atomic mass is 79.9. The van der Waals surface area contributed by atoms with Crippen LogP contribution in [0.5, 0.6) is 5.75 Å². The fourth-order valence-corrected chi connectivity index (χ4v) is 4.41. The van der Waals surface area contributed by atoms with Gasteiger partial charge in [-0.25, -0.2) is 0 Å². The quantitative estimate of drug-likeness (QED) is 0.324. The number of ether oxygens (including phenoxy) is 1. The topological polar surface area (TPSA) is 56.5 Å². The van der Waals surface area contributed by atoms with E-state index < -0.39 is 0 Å². The molecule has 0 amide bonds. The number of hydrogen-bond donors (Lipinski definition) is 0. The molecular weight excluding hydrogens is 426 g/mol.